The lowest BCUT2D eigenvalue weighted by Crippen LogP contribution is -2.52. The van der Waals surface area contributed by atoms with Crippen LogP contribution < -0.4 is 10.7 Å². The average molecular weight is 439 g/mol. The number of allylic oxidation sites excluding steroid dienone is 2. The molecule has 1 fully saturated rings. The van der Waals surface area contributed by atoms with Crippen LogP contribution >= 0.6 is 11.6 Å². The fourth-order valence-corrected chi connectivity index (χ4v) is 3.85. The Morgan fingerprint density at radius 2 is 1.55 bits per heavy atom. The molecule has 0 saturated carbocycles. The third-order valence-corrected chi connectivity index (χ3v) is 5.87. The first-order valence-electron chi connectivity index (χ1n) is 10.1. The molecule has 7 nitrogen and oxygen atoms in total. The van der Waals surface area contributed by atoms with E-state index >= 15 is 0 Å². The quantitative estimate of drug-likeness (QED) is 0.744. The Hall–Kier alpha value is -3.00. The Morgan fingerprint density at radius 3 is 2.19 bits per heavy atom. The first-order valence-corrected chi connectivity index (χ1v) is 10.5. The molecule has 1 aliphatic carbocycles. The van der Waals surface area contributed by atoms with Gasteiger partial charge in [-0.3, -0.25) is 19.8 Å². The molecule has 31 heavy (non-hydrogen) atoms. The molecule has 1 amide bonds. The predicted octanol–water partition coefficient (Wildman–Crippen LogP) is 2.20. The lowest BCUT2D eigenvalue weighted by Gasteiger charge is -2.32. The summed E-state index contributed by atoms with van der Waals surface area (Å²) in [7, 11) is 2.06. The molecular weight excluding hydrogens is 416 g/mol. The number of carbonyl (C=O) groups excluding carboxylic acids is 3. The second-order valence-corrected chi connectivity index (χ2v) is 8.05. The number of hydrazine groups is 1. The van der Waals surface area contributed by atoms with Crippen LogP contribution in [0.1, 0.15) is 36.6 Å². The molecule has 4 rings (SSSR count). The van der Waals surface area contributed by atoms with E-state index in [0.717, 1.165) is 31.7 Å². The minimum atomic E-state index is -0.365. The van der Waals surface area contributed by atoms with Crippen LogP contribution in [0.4, 0.5) is 0 Å². The normalized spacial score (nSPS) is 17.5. The van der Waals surface area contributed by atoms with Crippen LogP contribution in [0.2, 0.25) is 0 Å². The third-order valence-electron chi connectivity index (χ3n) is 5.51. The first-order chi connectivity index (χ1) is 14.9. The van der Waals surface area contributed by atoms with Crippen molar-refractivity contribution in [1.29, 1.82) is 0 Å². The number of Topliss-reactive ketones (excluding diaryl/α,β-unsaturated/α-hetero) is 2. The number of carbonyl (C=O) groups is 3. The molecule has 0 radical (unpaired) electrons. The minimum Gasteiger partial charge on any atom is -0.376 e. The highest BCUT2D eigenvalue weighted by Crippen LogP contribution is 2.27. The van der Waals surface area contributed by atoms with Crippen LogP contribution in [0, 0.1) is 0 Å². The number of hydrogen-bond donors (Lipinski definition) is 2. The molecule has 0 bridgehead atoms. The van der Waals surface area contributed by atoms with Crippen molar-refractivity contribution < 1.29 is 14.4 Å². The van der Waals surface area contributed by atoms with Crippen LogP contribution in [-0.4, -0.2) is 60.6 Å². The van der Waals surface area contributed by atoms with Gasteiger partial charge in [0.1, 0.15) is 10.7 Å². The van der Waals surface area contributed by atoms with Gasteiger partial charge in [0.25, 0.3) is 5.91 Å². The molecule has 2 aromatic carbocycles. The lowest BCUT2D eigenvalue weighted by molar-refractivity contribution is 0.0662. The van der Waals surface area contributed by atoms with Gasteiger partial charge in [-0.15, -0.1) is 0 Å². The zero-order valence-electron chi connectivity index (χ0n) is 17.2. The Balaban J connectivity index is 1.38. The number of piperazine rings is 1. The van der Waals surface area contributed by atoms with E-state index < -0.39 is 0 Å². The number of benzene rings is 2. The highest BCUT2D eigenvalue weighted by Gasteiger charge is 2.31. The maximum atomic E-state index is 12.7. The molecule has 1 heterocycles. The van der Waals surface area contributed by atoms with Gasteiger partial charge in [-0.2, -0.15) is 0 Å². The average Bonchev–Trinajstić information content (AvgIpc) is 2.79. The van der Waals surface area contributed by atoms with Gasteiger partial charge in [0.15, 0.2) is 0 Å². The van der Waals surface area contributed by atoms with Crippen molar-refractivity contribution in [3.8, 4) is 0 Å². The molecule has 2 aliphatic rings. The van der Waals surface area contributed by atoms with Gasteiger partial charge in [-0.05, 0) is 24.7 Å². The Labute approximate surface area is 185 Å². The summed E-state index contributed by atoms with van der Waals surface area (Å²) in [6.07, 6.45) is 0. The fraction of sp³-hybridized carbons (Fsp3) is 0.261. The van der Waals surface area contributed by atoms with Gasteiger partial charge in [0.2, 0.25) is 11.6 Å². The number of nitrogens with one attached hydrogen (secondary N) is 2. The third kappa shape index (κ3) is 4.54. The Kier molecular flexibility index (Phi) is 6.18. The van der Waals surface area contributed by atoms with E-state index in [1.165, 1.54) is 0 Å². The maximum absolute atomic E-state index is 12.7. The van der Waals surface area contributed by atoms with Gasteiger partial charge in [0, 0.05) is 49.4 Å². The molecule has 0 atom stereocenters. The minimum absolute atomic E-state index is 0.0993. The SMILES string of the molecule is CN1CCN(NC(=O)c2ccc(CNC3=C(Cl)C(=O)c4ccccc4C3=O)cc2)CC1. The molecule has 2 aromatic rings. The van der Waals surface area contributed by atoms with E-state index in [1.807, 2.05) is 17.1 Å². The van der Waals surface area contributed by atoms with Crippen molar-refractivity contribution in [3.05, 3.63) is 81.5 Å². The van der Waals surface area contributed by atoms with Gasteiger partial charge in [-0.1, -0.05) is 48.0 Å². The summed E-state index contributed by atoms with van der Waals surface area (Å²) in [6.45, 7) is 3.70. The number of halogens is 1. The van der Waals surface area contributed by atoms with E-state index in [0.29, 0.717) is 23.2 Å². The topological polar surface area (TPSA) is 81.8 Å². The summed E-state index contributed by atoms with van der Waals surface area (Å²) in [5.41, 5.74) is 5.10. The Bertz CT molecular complexity index is 1060. The van der Waals surface area contributed by atoms with Crippen LogP contribution in [0.3, 0.4) is 0 Å². The molecule has 1 aliphatic heterocycles. The highest BCUT2D eigenvalue weighted by molar-refractivity contribution is 6.49. The Morgan fingerprint density at radius 1 is 0.935 bits per heavy atom. The highest BCUT2D eigenvalue weighted by atomic mass is 35.5. The maximum Gasteiger partial charge on any atom is 0.265 e. The van der Waals surface area contributed by atoms with Crippen LogP contribution in [0.15, 0.2) is 59.3 Å². The van der Waals surface area contributed by atoms with Crippen molar-refractivity contribution in [3.63, 3.8) is 0 Å². The number of fused-ring (bicyclic) bond motifs is 1. The van der Waals surface area contributed by atoms with Crippen LogP contribution in [0.5, 0.6) is 0 Å². The molecule has 2 N–H and O–H groups in total. The molecule has 0 unspecified atom stereocenters. The summed E-state index contributed by atoms with van der Waals surface area (Å²) in [5, 5.41) is 4.81. The van der Waals surface area contributed by atoms with Crippen molar-refractivity contribution in [2.75, 3.05) is 33.2 Å². The first kappa shape index (κ1) is 21.2. The monoisotopic (exact) mass is 438 g/mol. The van der Waals surface area contributed by atoms with Gasteiger partial charge in [0.05, 0.1) is 0 Å². The molecule has 0 aromatic heterocycles. The van der Waals surface area contributed by atoms with E-state index in [2.05, 4.69) is 22.7 Å². The molecule has 8 heteroatoms. The molecule has 0 spiro atoms. The summed E-state index contributed by atoms with van der Waals surface area (Å²) >= 11 is 6.18. The van der Waals surface area contributed by atoms with Crippen molar-refractivity contribution in [2.24, 2.45) is 0 Å². The second-order valence-electron chi connectivity index (χ2n) is 7.67. The zero-order chi connectivity index (χ0) is 22.0. The van der Waals surface area contributed by atoms with E-state index in [-0.39, 0.29) is 28.2 Å². The summed E-state index contributed by atoms with van der Waals surface area (Å²) in [6, 6.07) is 13.7. The second kappa shape index (κ2) is 9.01. The van der Waals surface area contributed by atoms with E-state index in [1.54, 1.807) is 36.4 Å². The van der Waals surface area contributed by atoms with E-state index in [4.69, 9.17) is 11.6 Å². The van der Waals surface area contributed by atoms with Gasteiger partial charge < -0.3 is 10.2 Å². The molecular formula is C23H23ClN4O3. The molecule has 160 valence electrons. The van der Waals surface area contributed by atoms with Crippen molar-refractivity contribution >= 4 is 29.1 Å². The zero-order valence-corrected chi connectivity index (χ0v) is 17.9. The number of amides is 1. The summed E-state index contributed by atoms with van der Waals surface area (Å²) in [4.78, 5) is 39.9. The van der Waals surface area contributed by atoms with Gasteiger partial charge >= 0.3 is 0 Å². The summed E-state index contributed by atoms with van der Waals surface area (Å²) < 4.78 is 0. The standard InChI is InChI=1S/C23H23ClN4O3/c1-27-10-12-28(13-11-27)26-23(31)16-8-6-15(7-9-16)14-25-20-19(24)21(29)17-4-2-3-5-18(17)22(20)30/h2-9,25H,10-14H2,1H3,(H,26,31). The van der Waals surface area contributed by atoms with Crippen LogP contribution in [-0.2, 0) is 6.54 Å². The number of hydrogen-bond acceptors (Lipinski definition) is 6. The van der Waals surface area contributed by atoms with Gasteiger partial charge in [-0.25, -0.2) is 5.01 Å². The van der Waals surface area contributed by atoms with E-state index in [9.17, 15) is 14.4 Å². The number of nitrogens with zero attached hydrogens (tertiary/aromatic N) is 2. The summed E-state index contributed by atoms with van der Waals surface area (Å²) in [5.74, 6) is -0.821. The lowest BCUT2D eigenvalue weighted by atomic mass is 9.92. The van der Waals surface area contributed by atoms with Crippen LogP contribution in [0.25, 0.3) is 0 Å². The van der Waals surface area contributed by atoms with Crippen molar-refractivity contribution in [1.82, 2.24) is 20.7 Å². The molecule has 1 saturated heterocycles. The fourth-order valence-electron chi connectivity index (χ4n) is 3.59. The smallest absolute Gasteiger partial charge is 0.265 e. The number of rotatable bonds is 5. The van der Waals surface area contributed by atoms with Crippen molar-refractivity contribution in [2.45, 2.75) is 6.54 Å². The number of ketones is 2. The number of likely N-dealkylation sites (N-methyl/N-ethyl adjacent to an activating group) is 1. The predicted molar refractivity (Wildman–Crippen MR) is 118 cm³/mol. The largest absolute Gasteiger partial charge is 0.376 e.